The van der Waals surface area contributed by atoms with Gasteiger partial charge in [-0.15, -0.1) is 0 Å². The second kappa shape index (κ2) is 10.4. The van der Waals surface area contributed by atoms with E-state index in [2.05, 4.69) is 32.3 Å². The summed E-state index contributed by atoms with van der Waals surface area (Å²) >= 11 is 0. The zero-order chi connectivity index (χ0) is 22.3. The highest BCUT2D eigenvalue weighted by molar-refractivity contribution is 5.77. The molecule has 4 rings (SSSR count). The summed E-state index contributed by atoms with van der Waals surface area (Å²) in [4.78, 5) is 34.5. The third-order valence-corrected chi connectivity index (χ3v) is 6.05. The summed E-state index contributed by atoms with van der Waals surface area (Å²) in [6, 6.07) is 15.5. The van der Waals surface area contributed by atoms with Crippen LogP contribution >= 0.6 is 0 Å². The van der Waals surface area contributed by atoms with Gasteiger partial charge in [0.05, 0.1) is 24.1 Å². The number of hydrogen-bond acceptors (Lipinski definition) is 5. The molecular formula is C25H30N4O3. The number of aromatic amines is 1. The number of benzene rings is 2. The minimum Gasteiger partial charge on any atom is -0.497 e. The van der Waals surface area contributed by atoms with Crippen LogP contribution in [-0.4, -0.2) is 47.5 Å². The Labute approximate surface area is 187 Å². The SMILES string of the molecule is COc1ccc(C(CNC(=O)CCCc2nc3ccccc3c(=O)[nH]2)N2CCCC2)cc1. The maximum atomic E-state index is 12.5. The number of methoxy groups -OCH3 is 1. The summed E-state index contributed by atoms with van der Waals surface area (Å²) in [5.41, 5.74) is 1.73. The molecule has 1 fully saturated rings. The van der Waals surface area contributed by atoms with Crippen LogP contribution in [0.5, 0.6) is 5.75 Å². The number of amides is 1. The van der Waals surface area contributed by atoms with Gasteiger partial charge in [-0.05, 0) is 62.2 Å². The minimum absolute atomic E-state index is 0.0193. The molecule has 32 heavy (non-hydrogen) atoms. The fourth-order valence-electron chi connectivity index (χ4n) is 4.31. The number of nitrogens with one attached hydrogen (secondary N) is 2. The minimum atomic E-state index is -0.136. The number of rotatable bonds is 9. The Morgan fingerprint density at radius 2 is 1.91 bits per heavy atom. The van der Waals surface area contributed by atoms with Crippen LogP contribution in [-0.2, 0) is 11.2 Å². The van der Waals surface area contributed by atoms with E-state index in [1.807, 2.05) is 30.3 Å². The number of carbonyl (C=O) groups excluding carboxylic acids is 1. The Morgan fingerprint density at radius 3 is 2.66 bits per heavy atom. The molecule has 1 aromatic heterocycles. The highest BCUT2D eigenvalue weighted by Gasteiger charge is 2.24. The van der Waals surface area contributed by atoms with E-state index in [1.165, 1.54) is 18.4 Å². The van der Waals surface area contributed by atoms with Crippen molar-refractivity contribution in [3.8, 4) is 5.75 Å². The first kappa shape index (κ1) is 22.0. The molecular weight excluding hydrogens is 404 g/mol. The van der Waals surface area contributed by atoms with E-state index in [1.54, 1.807) is 13.2 Å². The summed E-state index contributed by atoms with van der Waals surface area (Å²) in [6.07, 6.45) is 3.96. The van der Waals surface area contributed by atoms with Crippen molar-refractivity contribution < 1.29 is 9.53 Å². The zero-order valence-electron chi connectivity index (χ0n) is 18.5. The third-order valence-electron chi connectivity index (χ3n) is 6.05. The lowest BCUT2D eigenvalue weighted by atomic mass is 10.0. The Bertz CT molecular complexity index is 1100. The molecule has 1 saturated heterocycles. The fraction of sp³-hybridized carbons (Fsp3) is 0.400. The van der Waals surface area contributed by atoms with E-state index in [-0.39, 0.29) is 17.5 Å². The lowest BCUT2D eigenvalue weighted by molar-refractivity contribution is -0.121. The monoisotopic (exact) mass is 434 g/mol. The highest BCUT2D eigenvalue weighted by atomic mass is 16.5. The maximum absolute atomic E-state index is 12.5. The predicted molar refractivity (Wildman–Crippen MR) is 125 cm³/mol. The Hall–Kier alpha value is -3.19. The Kier molecular flexibility index (Phi) is 7.17. The number of ether oxygens (including phenoxy) is 1. The molecule has 1 amide bonds. The van der Waals surface area contributed by atoms with Crippen molar-refractivity contribution in [3.05, 3.63) is 70.3 Å². The molecule has 7 heteroatoms. The van der Waals surface area contributed by atoms with Crippen molar-refractivity contribution in [2.75, 3.05) is 26.7 Å². The number of aryl methyl sites for hydroxylation is 1. The first-order chi connectivity index (χ1) is 15.6. The number of nitrogens with zero attached hydrogens (tertiary/aromatic N) is 2. The van der Waals surface area contributed by atoms with Crippen molar-refractivity contribution in [1.29, 1.82) is 0 Å². The van der Waals surface area contributed by atoms with Gasteiger partial charge in [-0.2, -0.15) is 0 Å². The number of H-pyrrole nitrogens is 1. The largest absolute Gasteiger partial charge is 0.497 e. The fourth-order valence-corrected chi connectivity index (χ4v) is 4.31. The average molecular weight is 435 g/mol. The van der Waals surface area contributed by atoms with Gasteiger partial charge in [-0.1, -0.05) is 24.3 Å². The van der Waals surface area contributed by atoms with E-state index < -0.39 is 0 Å². The van der Waals surface area contributed by atoms with E-state index in [0.717, 1.165) is 18.8 Å². The average Bonchev–Trinajstić information content (AvgIpc) is 3.34. The van der Waals surface area contributed by atoms with Crippen LogP contribution in [0.2, 0.25) is 0 Å². The van der Waals surface area contributed by atoms with E-state index in [9.17, 15) is 9.59 Å². The van der Waals surface area contributed by atoms with Gasteiger partial charge < -0.3 is 15.0 Å². The molecule has 7 nitrogen and oxygen atoms in total. The summed E-state index contributed by atoms with van der Waals surface area (Å²) in [5.74, 6) is 1.47. The molecule has 2 heterocycles. The molecule has 1 unspecified atom stereocenters. The molecule has 2 N–H and O–H groups in total. The van der Waals surface area contributed by atoms with Crippen LogP contribution in [0, 0.1) is 0 Å². The van der Waals surface area contributed by atoms with Gasteiger partial charge in [0.25, 0.3) is 5.56 Å². The van der Waals surface area contributed by atoms with Crippen LogP contribution in [0.4, 0.5) is 0 Å². The summed E-state index contributed by atoms with van der Waals surface area (Å²) < 4.78 is 5.27. The molecule has 3 aromatic rings. The van der Waals surface area contributed by atoms with Crippen LogP contribution in [0.1, 0.15) is 43.1 Å². The molecule has 0 saturated carbocycles. The van der Waals surface area contributed by atoms with Gasteiger partial charge in [0.1, 0.15) is 11.6 Å². The quantitative estimate of drug-likeness (QED) is 0.540. The van der Waals surface area contributed by atoms with Gasteiger partial charge in [-0.25, -0.2) is 4.98 Å². The highest BCUT2D eigenvalue weighted by Crippen LogP contribution is 2.26. The number of hydrogen-bond donors (Lipinski definition) is 2. The summed E-state index contributed by atoms with van der Waals surface area (Å²) in [7, 11) is 1.66. The van der Waals surface area contributed by atoms with Crippen LogP contribution in [0.3, 0.4) is 0 Å². The number of fused-ring (bicyclic) bond motifs is 1. The van der Waals surface area contributed by atoms with Crippen LogP contribution < -0.4 is 15.6 Å². The number of likely N-dealkylation sites (tertiary alicyclic amines) is 1. The Balaban J connectivity index is 1.31. The lowest BCUT2D eigenvalue weighted by Gasteiger charge is -2.28. The topological polar surface area (TPSA) is 87.3 Å². The van der Waals surface area contributed by atoms with Crippen molar-refractivity contribution >= 4 is 16.8 Å². The maximum Gasteiger partial charge on any atom is 0.258 e. The molecule has 0 radical (unpaired) electrons. The predicted octanol–water partition coefficient (Wildman–Crippen LogP) is 3.21. The zero-order valence-corrected chi connectivity index (χ0v) is 18.5. The van der Waals surface area contributed by atoms with Crippen molar-refractivity contribution in [2.45, 2.75) is 38.1 Å². The molecule has 1 aliphatic rings. The van der Waals surface area contributed by atoms with Crippen LogP contribution in [0.25, 0.3) is 10.9 Å². The van der Waals surface area contributed by atoms with Gasteiger partial charge >= 0.3 is 0 Å². The summed E-state index contributed by atoms with van der Waals surface area (Å²) in [6.45, 7) is 2.68. The van der Waals surface area contributed by atoms with Crippen molar-refractivity contribution in [2.24, 2.45) is 0 Å². The normalized spacial score (nSPS) is 15.0. The number of aromatic nitrogens is 2. The Morgan fingerprint density at radius 1 is 1.16 bits per heavy atom. The smallest absolute Gasteiger partial charge is 0.258 e. The molecule has 2 aromatic carbocycles. The third kappa shape index (κ3) is 5.34. The second-order valence-electron chi connectivity index (χ2n) is 8.22. The first-order valence-corrected chi connectivity index (χ1v) is 11.3. The standard InChI is InChI=1S/C25H30N4O3/c1-32-19-13-11-18(12-14-19)22(29-15-4-5-16-29)17-26-24(30)10-6-9-23-27-21-8-3-2-7-20(21)25(31)28-23/h2-3,7-8,11-14,22H,4-6,9-10,15-17H2,1H3,(H,26,30)(H,27,28,31). The van der Waals surface area contributed by atoms with Gasteiger partial charge in [0.2, 0.25) is 5.91 Å². The molecule has 168 valence electrons. The number of carbonyl (C=O) groups is 1. The first-order valence-electron chi connectivity index (χ1n) is 11.3. The molecule has 0 bridgehead atoms. The van der Waals surface area contributed by atoms with Gasteiger partial charge in [0.15, 0.2) is 0 Å². The van der Waals surface area contributed by atoms with Crippen molar-refractivity contribution in [3.63, 3.8) is 0 Å². The van der Waals surface area contributed by atoms with Gasteiger partial charge in [0, 0.05) is 19.4 Å². The second-order valence-corrected chi connectivity index (χ2v) is 8.22. The molecule has 1 atom stereocenters. The molecule has 1 aliphatic heterocycles. The van der Waals surface area contributed by atoms with E-state index >= 15 is 0 Å². The number of para-hydroxylation sites is 1. The van der Waals surface area contributed by atoms with Crippen molar-refractivity contribution in [1.82, 2.24) is 20.2 Å². The molecule has 0 spiro atoms. The van der Waals surface area contributed by atoms with Crippen LogP contribution in [0.15, 0.2) is 53.3 Å². The van der Waals surface area contributed by atoms with E-state index in [0.29, 0.717) is 42.5 Å². The lowest BCUT2D eigenvalue weighted by Crippen LogP contribution is -2.36. The van der Waals surface area contributed by atoms with E-state index in [4.69, 9.17) is 4.74 Å². The van der Waals surface area contributed by atoms with Gasteiger partial charge in [-0.3, -0.25) is 14.5 Å². The molecule has 0 aliphatic carbocycles. The summed E-state index contributed by atoms with van der Waals surface area (Å²) in [5, 5.41) is 3.69.